The molecule has 18 heavy (non-hydrogen) atoms. The van der Waals surface area contributed by atoms with Gasteiger partial charge in [-0.25, -0.2) is 0 Å². The molecular weight excluding hydrogens is 252 g/mol. The Morgan fingerprint density at radius 3 is 2.33 bits per heavy atom. The van der Waals surface area contributed by atoms with Crippen molar-refractivity contribution in [1.29, 1.82) is 0 Å². The Morgan fingerprint density at radius 2 is 1.78 bits per heavy atom. The van der Waals surface area contributed by atoms with Crippen molar-refractivity contribution in [1.82, 2.24) is 0 Å². The van der Waals surface area contributed by atoms with E-state index < -0.39 is 6.10 Å². The number of aliphatic hydroxyl groups is 1. The fourth-order valence-corrected chi connectivity index (χ4v) is 2.30. The van der Waals surface area contributed by atoms with Crippen LogP contribution < -0.4 is 9.47 Å². The van der Waals surface area contributed by atoms with Crippen LogP contribution in [0, 0.1) is 5.41 Å². The molecule has 0 radical (unpaired) electrons. The zero-order chi connectivity index (χ0) is 13.3. The number of hydrogen-bond acceptors (Lipinski definition) is 3. The van der Waals surface area contributed by atoms with Crippen LogP contribution in [0.3, 0.4) is 0 Å². The molecule has 0 fully saturated rings. The Balaban J connectivity index is 2.27. The van der Waals surface area contributed by atoms with E-state index in [4.69, 9.17) is 21.1 Å². The molecule has 1 N–H and O–H groups in total. The van der Waals surface area contributed by atoms with E-state index in [-0.39, 0.29) is 5.41 Å². The largest absolute Gasteiger partial charge is 0.486 e. The number of fused-ring (bicyclic) bond motifs is 1. The molecule has 1 atom stereocenters. The molecule has 1 aromatic carbocycles. The highest BCUT2D eigenvalue weighted by Crippen LogP contribution is 2.40. The Kier molecular flexibility index (Phi) is 3.74. The van der Waals surface area contributed by atoms with Crippen LogP contribution in [-0.2, 0) is 0 Å². The summed E-state index contributed by atoms with van der Waals surface area (Å²) < 4.78 is 11.0. The lowest BCUT2D eigenvalue weighted by Gasteiger charge is -2.25. The predicted molar refractivity (Wildman–Crippen MR) is 71.5 cm³/mol. The maximum absolute atomic E-state index is 10.3. The minimum absolute atomic E-state index is 0.0377. The van der Waals surface area contributed by atoms with Gasteiger partial charge in [-0.2, -0.15) is 0 Å². The summed E-state index contributed by atoms with van der Waals surface area (Å²) in [4.78, 5) is 0. The third-order valence-electron chi connectivity index (χ3n) is 2.83. The smallest absolute Gasteiger partial charge is 0.162 e. The van der Waals surface area contributed by atoms with Crippen LogP contribution in [0.25, 0.3) is 0 Å². The third kappa shape index (κ3) is 3.09. The van der Waals surface area contributed by atoms with Crippen LogP contribution >= 0.6 is 11.6 Å². The van der Waals surface area contributed by atoms with Crippen LogP contribution in [-0.4, -0.2) is 18.3 Å². The molecule has 0 saturated carbocycles. The second kappa shape index (κ2) is 4.98. The second-order valence-electron chi connectivity index (χ2n) is 5.80. The summed E-state index contributed by atoms with van der Waals surface area (Å²) in [6, 6.07) is 3.50. The van der Waals surface area contributed by atoms with Crippen LogP contribution in [0.1, 0.15) is 38.9 Å². The van der Waals surface area contributed by atoms with Crippen molar-refractivity contribution >= 4 is 11.6 Å². The Bertz CT molecular complexity index is 437. The first-order chi connectivity index (χ1) is 8.37. The molecule has 0 bridgehead atoms. The highest BCUT2D eigenvalue weighted by Gasteiger charge is 2.23. The number of aliphatic hydroxyl groups excluding tert-OH is 1. The Morgan fingerprint density at radius 1 is 1.22 bits per heavy atom. The first-order valence-electron chi connectivity index (χ1n) is 6.14. The van der Waals surface area contributed by atoms with Gasteiger partial charge in [0.1, 0.15) is 13.2 Å². The van der Waals surface area contributed by atoms with Gasteiger partial charge < -0.3 is 14.6 Å². The highest BCUT2D eigenvalue weighted by atomic mass is 35.5. The van der Waals surface area contributed by atoms with Crippen LogP contribution in [0.2, 0.25) is 5.02 Å². The summed E-state index contributed by atoms with van der Waals surface area (Å²) in [6.07, 6.45) is 0.0557. The number of ether oxygens (including phenoxy) is 2. The quantitative estimate of drug-likeness (QED) is 0.893. The first kappa shape index (κ1) is 13.5. The number of benzene rings is 1. The minimum atomic E-state index is -0.590. The third-order valence-corrected chi connectivity index (χ3v) is 3.15. The topological polar surface area (TPSA) is 38.7 Å². The molecule has 2 rings (SSSR count). The standard InChI is InChI=1S/C14H19ClO3/c1-14(2,3)8-11(16)9-6-12-13(7-10(9)15)18-5-4-17-12/h6-7,11,16H,4-5,8H2,1-3H3. The van der Waals surface area contributed by atoms with Crippen molar-refractivity contribution in [2.75, 3.05) is 13.2 Å². The molecule has 0 spiro atoms. The van der Waals surface area contributed by atoms with Gasteiger partial charge in [-0.3, -0.25) is 0 Å². The van der Waals surface area contributed by atoms with E-state index in [1.165, 1.54) is 0 Å². The van der Waals surface area contributed by atoms with Gasteiger partial charge in [0.2, 0.25) is 0 Å². The van der Waals surface area contributed by atoms with E-state index in [9.17, 15) is 5.11 Å². The number of rotatable bonds is 2. The average molecular weight is 271 g/mol. The molecule has 0 aliphatic carbocycles. The lowest BCUT2D eigenvalue weighted by Crippen LogP contribution is -2.16. The summed E-state index contributed by atoms with van der Waals surface area (Å²) in [5, 5.41) is 10.8. The summed E-state index contributed by atoms with van der Waals surface area (Å²) in [6.45, 7) is 7.32. The summed E-state index contributed by atoms with van der Waals surface area (Å²) in [5.41, 5.74) is 0.742. The zero-order valence-electron chi connectivity index (χ0n) is 11.0. The lowest BCUT2D eigenvalue weighted by molar-refractivity contribution is 0.121. The van der Waals surface area contributed by atoms with Crippen molar-refractivity contribution < 1.29 is 14.6 Å². The molecule has 1 heterocycles. The molecule has 0 saturated heterocycles. The SMILES string of the molecule is CC(C)(C)CC(O)c1cc2c(cc1Cl)OCCO2. The highest BCUT2D eigenvalue weighted by molar-refractivity contribution is 6.31. The number of hydrogen-bond donors (Lipinski definition) is 1. The maximum Gasteiger partial charge on any atom is 0.162 e. The maximum atomic E-state index is 10.3. The summed E-state index contributed by atoms with van der Waals surface area (Å²) in [7, 11) is 0. The van der Waals surface area contributed by atoms with Crippen molar-refractivity contribution in [2.24, 2.45) is 5.41 Å². The molecule has 4 heteroatoms. The van der Waals surface area contributed by atoms with Crippen molar-refractivity contribution in [2.45, 2.75) is 33.3 Å². The van der Waals surface area contributed by atoms with Crippen LogP contribution in [0.5, 0.6) is 11.5 Å². The van der Waals surface area contributed by atoms with Gasteiger partial charge in [0.25, 0.3) is 0 Å². The van der Waals surface area contributed by atoms with Gasteiger partial charge in [0, 0.05) is 11.6 Å². The van der Waals surface area contributed by atoms with E-state index in [1.807, 2.05) is 0 Å². The molecule has 1 aliphatic heterocycles. The van der Waals surface area contributed by atoms with Gasteiger partial charge in [-0.15, -0.1) is 0 Å². The average Bonchev–Trinajstić information content (AvgIpc) is 2.25. The van der Waals surface area contributed by atoms with Gasteiger partial charge in [0.15, 0.2) is 11.5 Å². The zero-order valence-corrected chi connectivity index (χ0v) is 11.8. The molecule has 1 aromatic rings. The normalized spacial score (nSPS) is 16.5. The van der Waals surface area contributed by atoms with E-state index in [0.717, 1.165) is 0 Å². The van der Waals surface area contributed by atoms with E-state index in [2.05, 4.69) is 20.8 Å². The Labute approximate surface area is 113 Å². The molecular formula is C14H19ClO3. The van der Waals surface area contributed by atoms with Gasteiger partial charge >= 0.3 is 0 Å². The lowest BCUT2D eigenvalue weighted by atomic mass is 9.87. The van der Waals surface area contributed by atoms with Crippen LogP contribution in [0.15, 0.2) is 12.1 Å². The van der Waals surface area contributed by atoms with E-state index >= 15 is 0 Å². The van der Waals surface area contributed by atoms with E-state index in [1.54, 1.807) is 12.1 Å². The molecule has 1 aliphatic rings. The van der Waals surface area contributed by atoms with Crippen molar-refractivity contribution in [3.63, 3.8) is 0 Å². The number of halogens is 1. The van der Waals surface area contributed by atoms with Gasteiger partial charge in [0.05, 0.1) is 11.1 Å². The fourth-order valence-electron chi connectivity index (χ4n) is 2.03. The van der Waals surface area contributed by atoms with Crippen molar-refractivity contribution in [3.05, 3.63) is 22.7 Å². The molecule has 3 nitrogen and oxygen atoms in total. The molecule has 1 unspecified atom stereocenters. The summed E-state index contributed by atoms with van der Waals surface area (Å²) in [5.74, 6) is 1.31. The van der Waals surface area contributed by atoms with Crippen LogP contribution in [0.4, 0.5) is 0 Å². The van der Waals surface area contributed by atoms with Gasteiger partial charge in [-0.1, -0.05) is 32.4 Å². The fraction of sp³-hybridized carbons (Fsp3) is 0.571. The monoisotopic (exact) mass is 270 g/mol. The molecule has 0 aromatic heterocycles. The summed E-state index contributed by atoms with van der Waals surface area (Å²) >= 11 is 6.19. The van der Waals surface area contributed by atoms with Gasteiger partial charge in [-0.05, 0) is 17.9 Å². The van der Waals surface area contributed by atoms with E-state index in [0.29, 0.717) is 41.7 Å². The predicted octanol–water partition coefficient (Wildman–Crippen LogP) is 3.58. The molecule has 0 amide bonds. The van der Waals surface area contributed by atoms with Crippen molar-refractivity contribution in [3.8, 4) is 11.5 Å². The molecule has 100 valence electrons. The first-order valence-corrected chi connectivity index (χ1v) is 6.52. The Hall–Kier alpha value is -0.930. The minimum Gasteiger partial charge on any atom is -0.486 e. The second-order valence-corrected chi connectivity index (χ2v) is 6.21.